The molecule has 164 valence electrons. The van der Waals surface area contributed by atoms with Crippen LogP contribution < -0.4 is 10.9 Å². The van der Waals surface area contributed by atoms with E-state index in [0.29, 0.717) is 27.8 Å². The number of amides is 3. The molecule has 0 unspecified atom stereocenters. The summed E-state index contributed by atoms with van der Waals surface area (Å²) < 4.78 is 1.33. The van der Waals surface area contributed by atoms with Gasteiger partial charge in [-0.05, 0) is 42.3 Å². The Morgan fingerprint density at radius 2 is 1.78 bits per heavy atom. The van der Waals surface area contributed by atoms with E-state index in [1.54, 1.807) is 30.3 Å². The van der Waals surface area contributed by atoms with Crippen molar-refractivity contribution in [3.63, 3.8) is 0 Å². The van der Waals surface area contributed by atoms with E-state index >= 15 is 0 Å². The van der Waals surface area contributed by atoms with Crippen LogP contribution in [0.1, 0.15) is 28.8 Å². The van der Waals surface area contributed by atoms with Gasteiger partial charge in [0.15, 0.2) is 0 Å². The minimum Gasteiger partial charge on any atom is -0.293 e. The number of carbonyl (C=O) groups excluding carboxylic acids is 3. The number of rotatable bonds is 7. The van der Waals surface area contributed by atoms with Crippen LogP contribution in [0, 0.1) is 0 Å². The number of hydrazine groups is 1. The smallest absolute Gasteiger partial charge is 0.269 e. The number of thioether (sulfide) groups is 1. The fourth-order valence-electron chi connectivity index (χ4n) is 2.78. The molecule has 0 aromatic heterocycles. The zero-order valence-corrected chi connectivity index (χ0v) is 20.1. The molecule has 3 rings (SSSR count). The second-order valence-electron chi connectivity index (χ2n) is 6.74. The summed E-state index contributed by atoms with van der Waals surface area (Å²) in [5.41, 5.74) is 6.23. The van der Waals surface area contributed by atoms with Gasteiger partial charge in [-0.2, -0.15) is 0 Å². The molecule has 1 aliphatic heterocycles. The lowest BCUT2D eigenvalue weighted by Gasteiger charge is -2.14. The van der Waals surface area contributed by atoms with Gasteiger partial charge in [0.25, 0.3) is 11.8 Å². The summed E-state index contributed by atoms with van der Waals surface area (Å²) in [6.45, 7) is 0.332. The number of allylic oxidation sites excluding steroid dienone is 2. The number of halogens is 1. The Bertz CT molecular complexity index is 1070. The third-order valence-electron chi connectivity index (χ3n) is 4.42. The van der Waals surface area contributed by atoms with Crippen LogP contribution >= 0.6 is 39.9 Å². The molecule has 3 amide bonds. The third-order valence-corrected chi connectivity index (χ3v) is 6.34. The average molecular weight is 530 g/mol. The van der Waals surface area contributed by atoms with Gasteiger partial charge in [-0.3, -0.25) is 30.1 Å². The van der Waals surface area contributed by atoms with Gasteiger partial charge in [0.2, 0.25) is 5.91 Å². The van der Waals surface area contributed by atoms with E-state index in [2.05, 4.69) is 26.8 Å². The fourth-order valence-corrected chi connectivity index (χ4v) is 4.30. The summed E-state index contributed by atoms with van der Waals surface area (Å²) >= 11 is 9.85. The third kappa shape index (κ3) is 6.88. The highest BCUT2D eigenvalue weighted by Gasteiger charge is 2.31. The quantitative estimate of drug-likeness (QED) is 0.314. The molecular formula is C23H20BrN3O3S2. The molecule has 32 heavy (non-hydrogen) atoms. The van der Waals surface area contributed by atoms with Crippen LogP contribution in [-0.4, -0.2) is 33.5 Å². The lowest BCUT2D eigenvalue weighted by molar-refractivity contribution is -0.124. The van der Waals surface area contributed by atoms with E-state index in [1.807, 2.05) is 42.5 Å². The first-order chi connectivity index (χ1) is 15.4. The molecule has 0 aliphatic carbocycles. The highest BCUT2D eigenvalue weighted by atomic mass is 79.9. The van der Waals surface area contributed by atoms with Gasteiger partial charge in [-0.15, -0.1) is 0 Å². The Hall–Kier alpha value is -2.75. The summed E-state index contributed by atoms with van der Waals surface area (Å²) in [5, 5.41) is 0. The van der Waals surface area contributed by atoms with Crippen molar-refractivity contribution in [3.8, 4) is 0 Å². The first-order valence-corrected chi connectivity index (χ1v) is 11.8. The van der Waals surface area contributed by atoms with E-state index in [0.717, 1.165) is 10.0 Å². The number of thiocarbonyl (C=S) groups is 1. The van der Waals surface area contributed by atoms with Gasteiger partial charge < -0.3 is 0 Å². The van der Waals surface area contributed by atoms with Crippen LogP contribution in [0.3, 0.4) is 0 Å². The van der Waals surface area contributed by atoms with E-state index in [9.17, 15) is 14.4 Å². The van der Waals surface area contributed by atoms with Gasteiger partial charge in [0.05, 0.1) is 4.91 Å². The molecule has 0 radical (unpaired) electrons. The monoisotopic (exact) mass is 529 g/mol. The Morgan fingerprint density at radius 3 is 2.50 bits per heavy atom. The molecule has 1 aliphatic rings. The van der Waals surface area contributed by atoms with Crippen LogP contribution in [0.4, 0.5) is 0 Å². The van der Waals surface area contributed by atoms with Gasteiger partial charge in [-0.25, -0.2) is 0 Å². The first-order valence-electron chi connectivity index (χ1n) is 9.76. The van der Waals surface area contributed by atoms with Crippen LogP contribution in [0.2, 0.25) is 0 Å². The van der Waals surface area contributed by atoms with E-state index in [-0.39, 0.29) is 18.2 Å². The molecule has 2 N–H and O–H groups in total. The molecular weight excluding hydrogens is 510 g/mol. The summed E-state index contributed by atoms with van der Waals surface area (Å²) in [5.74, 6) is -0.916. The topological polar surface area (TPSA) is 78.5 Å². The van der Waals surface area contributed by atoms with Crippen molar-refractivity contribution in [2.24, 2.45) is 0 Å². The van der Waals surface area contributed by atoms with Crippen LogP contribution in [0.25, 0.3) is 6.08 Å². The highest BCUT2D eigenvalue weighted by molar-refractivity contribution is 9.10. The zero-order valence-electron chi connectivity index (χ0n) is 16.9. The predicted octanol–water partition coefficient (Wildman–Crippen LogP) is 4.45. The first kappa shape index (κ1) is 23.9. The molecule has 1 saturated heterocycles. The molecule has 0 spiro atoms. The maximum Gasteiger partial charge on any atom is 0.269 e. The minimum atomic E-state index is -0.406. The van der Waals surface area contributed by atoms with Gasteiger partial charge in [0.1, 0.15) is 4.32 Å². The summed E-state index contributed by atoms with van der Waals surface area (Å²) in [4.78, 5) is 38.7. The summed E-state index contributed by atoms with van der Waals surface area (Å²) in [7, 11) is 0. The summed E-state index contributed by atoms with van der Waals surface area (Å²) in [6.07, 6.45) is 6.05. The lowest BCUT2D eigenvalue weighted by atomic mass is 10.2. The molecule has 2 aromatic rings. The van der Waals surface area contributed by atoms with E-state index in [4.69, 9.17) is 12.2 Å². The maximum absolute atomic E-state index is 12.6. The number of hydrogen-bond acceptors (Lipinski definition) is 5. The Kier molecular flexibility index (Phi) is 8.78. The van der Waals surface area contributed by atoms with Crippen molar-refractivity contribution in [2.75, 3.05) is 6.54 Å². The highest BCUT2D eigenvalue weighted by Crippen LogP contribution is 2.31. The Morgan fingerprint density at radius 1 is 1.06 bits per heavy atom. The fraction of sp³-hybridized carbons (Fsp3) is 0.130. The second kappa shape index (κ2) is 11.8. The molecule has 6 nitrogen and oxygen atoms in total. The van der Waals surface area contributed by atoms with Gasteiger partial charge in [-0.1, -0.05) is 82.4 Å². The minimum absolute atomic E-state index is 0.143. The van der Waals surface area contributed by atoms with E-state index in [1.165, 1.54) is 16.7 Å². The van der Waals surface area contributed by atoms with Crippen LogP contribution in [0.15, 0.2) is 76.1 Å². The Balaban J connectivity index is 1.42. The number of nitrogens with one attached hydrogen (secondary N) is 2. The predicted molar refractivity (Wildman–Crippen MR) is 134 cm³/mol. The van der Waals surface area contributed by atoms with Crippen molar-refractivity contribution in [3.05, 3.63) is 87.3 Å². The molecule has 0 bridgehead atoms. The molecule has 0 atom stereocenters. The molecule has 9 heteroatoms. The summed E-state index contributed by atoms with van der Waals surface area (Å²) in [6, 6.07) is 16.5. The maximum atomic E-state index is 12.6. The van der Waals surface area contributed by atoms with Crippen molar-refractivity contribution in [2.45, 2.75) is 12.8 Å². The van der Waals surface area contributed by atoms with E-state index < -0.39 is 5.91 Å². The zero-order chi connectivity index (χ0) is 22.9. The van der Waals surface area contributed by atoms with Gasteiger partial charge >= 0.3 is 0 Å². The average Bonchev–Trinajstić information content (AvgIpc) is 3.06. The lowest BCUT2D eigenvalue weighted by Crippen LogP contribution is -2.41. The number of hydrogen-bond donors (Lipinski definition) is 2. The number of benzene rings is 2. The van der Waals surface area contributed by atoms with Gasteiger partial charge in [0, 0.05) is 23.0 Å². The van der Waals surface area contributed by atoms with Crippen LogP contribution in [-0.2, 0) is 9.59 Å². The SMILES string of the molecule is O=C(CCCN1C(=O)/C(=C/C=C/c2ccccc2)SC1=S)NNC(=O)c1ccc(Br)cc1. The standard InChI is InChI=1S/C23H20BrN3O3S2/c24-18-13-11-17(12-14-18)21(29)26-25-20(28)10-5-15-27-22(30)19(32-23(27)31)9-4-8-16-6-2-1-3-7-16/h1-4,6-9,11-14H,5,10,15H2,(H,25,28)(H,26,29)/b8-4+,19-9-. The Labute approximate surface area is 204 Å². The largest absolute Gasteiger partial charge is 0.293 e. The van der Waals surface area contributed by atoms with Crippen molar-refractivity contribution in [1.29, 1.82) is 0 Å². The molecule has 1 heterocycles. The second-order valence-corrected chi connectivity index (χ2v) is 9.33. The van der Waals surface area contributed by atoms with Crippen LogP contribution in [0.5, 0.6) is 0 Å². The normalized spacial score (nSPS) is 14.9. The van der Waals surface area contributed by atoms with Crippen molar-refractivity contribution in [1.82, 2.24) is 15.8 Å². The molecule has 1 fully saturated rings. The molecule has 2 aromatic carbocycles. The van der Waals surface area contributed by atoms with Crippen molar-refractivity contribution >= 4 is 68.0 Å². The van der Waals surface area contributed by atoms with Crippen molar-refractivity contribution < 1.29 is 14.4 Å². The number of carbonyl (C=O) groups is 3. The molecule has 0 saturated carbocycles. The number of nitrogens with zero attached hydrogens (tertiary/aromatic N) is 1.